The van der Waals surface area contributed by atoms with Crippen LogP contribution < -0.4 is 0 Å². The van der Waals surface area contributed by atoms with Crippen LogP contribution in [-0.4, -0.2) is 15.4 Å². The number of rotatable bonds is 9. The average molecular weight is 441 g/mol. The molecule has 1 amide bonds. The van der Waals surface area contributed by atoms with Crippen molar-refractivity contribution in [3.8, 4) is 0 Å². The minimum Gasteiger partial charge on any atom is -0.345 e. The summed E-state index contributed by atoms with van der Waals surface area (Å²) in [6, 6.07) is 30.7. The van der Waals surface area contributed by atoms with Crippen LogP contribution in [0.4, 0.5) is 4.39 Å². The standard InChI is InChI=1S/C29H29FN2O/c1-2-28(25-12-7-4-8-13-25)29(33)32(21-23-10-5-3-6-11-23)22-27-14-9-19-31(27)20-24-15-17-26(30)18-16-24/h3-19,28H,2,20-22H2,1H3. The summed E-state index contributed by atoms with van der Waals surface area (Å²) in [6.45, 7) is 3.75. The van der Waals surface area contributed by atoms with Crippen molar-refractivity contribution in [3.63, 3.8) is 0 Å². The molecule has 0 N–H and O–H groups in total. The van der Waals surface area contributed by atoms with Crippen molar-refractivity contribution >= 4 is 5.91 Å². The van der Waals surface area contributed by atoms with Gasteiger partial charge in [-0.3, -0.25) is 4.79 Å². The van der Waals surface area contributed by atoms with E-state index in [1.165, 1.54) is 12.1 Å². The van der Waals surface area contributed by atoms with Crippen molar-refractivity contribution in [3.05, 3.63) is 131 Å². The highest BCUT2D eigenvalue weighted by atomic mass is 19.1. The Morgan fingerprint density at radius 1 is 0.818 bits per heavy atom. The first-order valence-corrected chi connectivity index (χ1v) is 11.4. The third-order valence-corrected chi connectivity index (χ3v) is 5.98. The number of halogens is 1. The molecular weight excluding hydrogens is 411 g/mol. The van der Waals surface area contributed by atoms with Crippen LogP contribution in [0.3, 0.4) is 0 Å². The minimum absolute atomic E-state index is 0.127. The van der Waals surface area contributed by atoms with Gasteiger partial charge in [0.15, 0.2) is 0 Å². The van der Waals surface area contributed by atoms with Crippen molar-refractivity contribution in [2.75, 3.05) is 0 Å². The highest BCUT2D eigenvalue weighted by Gasteiger charge is 2.25. The van der Waals surface area contributed by atoms with Crippen LogP contribution in [0.2, 0.25) is 0 Å². The fraction of sp³-hybridized carbons (Fsp3) is 0.207. The fourth-order valence-corrected chi connectivity index (χ4v) is 4.20. The minimum atomic E-state index is -0.238. The highest BCUT2D eigenvalue weighted by Crippen LogP contribution is 2.25. The summed E-state index contributed by atoms with van der Waals surface area (Å²) >= 11 is 0. The Bertz CT molecular complexity index is 1150. The lowest BCUT2D eigenvalue weighted by Gasteiger charge is -2.28. The van der Waals surface area contributed by atoms with Gasteiger partial charge in [-0.05, 0) is 47.4 Å². The Labute approximate surface area is 195 Å². The molecule has 0 aliphatic rings. The van der Waals surface area contributed by atoms with Gasteiger partial charge >= 0.3 is 0 Å². The van der Waals surface area contributed by atoms with Crippen LogP contribution in [0.1, 0.15) is 41.6 Å². The van der Waals surface area contributed by atoms with E-state index in [0.717, 1.165) is 28.8 Å². The number of nitrogens with zero attached hydrogens (tertiary/aromatic N) is 2. The Hall–Kier alpha value is -3.66. The number of carbonyl (C=O) groups excluding carboxylic acids is 1. The van der Waals surface area contributed by atoms with Gasteiger partial charge in [-0.25, -0.2) is 4.39 Å². The summed E-state index contributed by atoms with van der Waals surface area (Å²) in [6.07, 6.45) is 2.75. The molecule has 33 heavy (non-hydrogen) atoms. The zero-order valence-electron chi connectivity index (χ0n) is 18.9. The lowest BCUT2D eigenvalue weighted by atomic mass is 9.94. The van der Waals surface area contributed by atoms with Crippen LogP contribution in [0, 0.1) is 5.82 Å². The number of amides is 1. The van der Waals surface area contributed by atoms with E-state index in [1.807, 2.05) is 65.7 Å². The van der Waals surface area contributed by atoms with Crippen molar-refractivity contribution < 1.29 is 9.18 Å². The molecule has 0 spiro atoms. The van der Waals surface area contributed by atoms with Crippen molar-refractivity contribution in [2.24, 2.45) is 0 Å². The summed E-state index contributed by atoms with van der Waals surface area (Å²) in [5.74, 6) is -0.296. The summed E-state index contributed by atoms with van der Waals surface area (Å²) in [5, 5.41) is 0. The van der Waals surface area contributed by atoms with Gasteiger partial charge in [0.25, 0.3) is 0 Å². The summed E-state index contributed by atoms with van der Waals surface area (Å²) in [7, 11) is 0. The van der Waals surface area contributed by atoms with Gasteiger partial charge in [0, 0.05) is 25.0 Å². The first kappa shape index (κ1) is 22.5. The second kappa shape index (κ2) is 10.8. The van der Waals surface area contributed by atoms with Gasteiger partial charge in [-0.15, -0.1) is 0 Å². The zero-order chi connectivity index (χ0) is 23.0. The van der Waals surface area contributed by atoms with Gasteiger partial charge in [0.1, 0.15) is 5.82 Å². The predicted molar refractivity (Wildman–Crippen MR) is 130 cm³/mol. The van der Waals surface area contributed by atoms with Crippen LogP contribution in [0.25, 0.3) is 0 Å². The molecule has 3 nitrogen and oxygen atoms in total. The number of hydrogen-bond donors (Lipinski definition) is 0. The fourth-order valence-electron chi connectivity index (χ4n) is 4.20. The van der Waals surface area contributed by atoms with E-state index in [0.29, 0.717) is 19.6 Å². The molecule has 0 radical (unpaired) electrons. The lowest BCUT2D eigenvalue weighted by molar-refractivity contribution is -0.134. The summed E-state index contributed by atoms with van der Waals surface area (Å²) in [4.78, 5) is 15.7. The molecular formula is C29H29FN2O. The Kier molecular flexibility index (Phi) is 7.36. The molecule has 0 bridgehead atoms. The van der Waals surface area contributed by atoms with E-state index < -0.39 is 0 Å². The van der Waals surface area contributed by atoms with E-state index in [2.05, 4.69) is 29.7 Å². The second-order valence-electron chi connectivity index (χ2n) is 8.31. The quantitative estimate of drug-likeness (QED) is 0.296. The maximum atomic E-state index is 13.8. The molecule has 0 aliphatic carbocycles. The van der Waals surface area contributed by atoms with E-state index >= 15 is 0 Å². The van der Waals surface area contributed by atoms with Crippen molar-refractivity contribution in [1.29, 1.82) is 0 Å². The highest BCUT2D eigenvalue weighted by molar-refractivity contribution is 5.83. The molecule has 0 saturated heterocycles. The van der Waals surface area contributed by atoms with E-state index in [4.69, 9.17) is 0 Å². The van der Waals surface area contributed by atoms with Crippen molar-refractivity contribution in [1.82, 2.24) is 9.47 Å². The molecule has 0 fully saturated rings. The van der Waals surface area contributed by atoms with Crippen LogP contribution in [-0.2, 0) is 24.4 Å². The second-order valence-corrected chi connectivity index (χ2v) is 8.31. The maximum Gasteiger partial charge on any atom is 0.230 e. The molecule has 0 aliphatic heterocycles. The average Bonchev–Trinajstić information content (AvgIpc) is 3.28. The lowest BCUT2D eigenvalue weighted by Crippen LogP contribution is -2.35. The van der Waals surface area contributed by atoms with Crippen LogP contribution in [0.15, 0.2) is 103 Å². The first-order valence-electron chi connectivity index (χ1n) is 11.4. The van der Waals surface area contributed by atoms with Gasteiger partial charge in [0.05, 0.1) is 12.5 Å². The Morgan fingerprint density at radius 3 is 2.15 bits per heavy atom. The van der Waals surface area contributed by atoms with Gasteiger partial charge in [0.2, 0.25) is 5.91 Å². The smallest absolute Gasteiger partial charge is 0.230 e. The van der Waals surface area contributed by atoms with E-state index in [9.17, 15) is 9.18 Å². The largest absolute Gasteiger partial charge is 0.345 e. The molecule has 1 unspecified atom stereocenters. The molecule has 4 aromatic rings. The molecule has 0 saturated carbocycles. The first-order chi connectivity index (χ1) is 16.1. The molecule has 1 atom stereocenters. The van der Waals surface area contributed by atoms with Crippen molar-refractivity contribution in [2.45, 2.75) is 38.9 Å². The third kappa shape index (κ3) is 5.78. The van der Waals surface area contributed by atoms with Crippen LogP contribution in [0.5, 0.6) is 0 Å². The summed E-state index contributed by atoms with van der Waals surface area (Å²) < 4.78 is 15.4. The topological polar surface area (TPSA) is 25.2 Å². The number of aromatic nitrogens is 1. The zero-order valence-corrected chi connectivity index (χ0v) is 18.9. The monoisotopic (exact) mass is 440 g/mol. The van der Waals surface area contributed by atoms with E-state index in [1.54, 1.807) is 12.1 Å². The number of carbonyl (C=O) groups is 1. The number of benzene rings is 3. The van der Waals surface area contributed by atoms with Gasteiger partial charge in [-0.1, -0.05) is 79.7 Å². The van der Waals surface area contributed by atoms with Gasteiger partial charge < -0.3 is 9.47 Å². The van der Waals surface area contributed by atoms with Crippen LogP contribution >= 0.6 is 0 Å². The normalized spacial score (nSPS) is 11.8. The molecule has 1 aromatic heterocycles. The van der Waals surface area contributed by atoms with E-state index in [-0.39, 0.29) is 17.6 Å². The molecule has 4 rings (SSSR count). The number of hydrogen-bond acceptors (Lipinski definition) is 1. The molecule has 168 valence electrons. The molecule has 1 heterocycles. The van der Waals surface area contributed by atoms with Gasteiger partial charge in [-0.2, -0.15) is 0 Å². The predicted octanol–water partition coefficient (Wildman–Crippen LogP) is 6.40. The third-order valence-electron chi connectivity index (χ3n) is 5.98. The SMILES string of the molecule is CCC(C(=O)N(Cc1ccccc1)Cc1cccn1Cc1ccc(F)cc1)c1ccccc1. The molecule has 4 heteroatoms. The molecule has 3 aromatic carbocycles. The maximum absolute atomic E-state index is 13.8. The Balaban J connectivity index is 1.60. The Morgan fingerprint density at radius 2 is 1.48 bits per heavy atom. The summed E-state index contributed by atoms with van der Waals surface area (Å²) in [5.41, 5.74) is 4.21.